The minimum Gasteiger partial charge on any atom is -0.381 e. The van der Waals surface area contributed by atoms with E-state index >= 15 is 0 Å². The molecule has 0 bridgehead atoms. The number of ether oxygens (including phenoxy) is 1. The maximum Gasteiger partial charge on any atom is 0.0494 e. The summed E-state index contributed by atoms with van der Waals surface area (Å²) in [6, 6.07) is 0. The molecule has 1 heteroatoms. The molecule has 2 saturated carbocycles. The van der Waals surface area contributed by atoms with Gasteiger partial charge in [-0.15, -0.1) is 0 Å². The Kier molecular flexibility index (Phi) is 11.2. The minimum atomic E-state index is 0.867. The highest BCUT2D eigenvalue weighted by Gasteiger charge is 2.24. The van der Waals surface area contributed by atoms with Gasteiger partial charge in [-0.05, 0) is 42.9 Å². The molecule has 1 nitrogen and oxygen atoms in total. The van der Waals surface area contributed by atoms with Crippen molar-refractivity contribution in [1.82, 2.24) is 0 Å². The molecule has 0 spiro atoms. The van der Waals surface area contributed by atoms with E-state index in [-0.39, 0.29) is 0 Å². The second-order valence-electron chi connectivity index (χ2n) is 9.28. The van der Waals surface area contributed by atoms with Gasteiger partial charge >= 0.3 is 0 Å². The Morgan fingerprint density at radius 3 is 1.56 bits per heavy atom. The third kappa shape index (κ3) is 8.94. The van der Waals surface area contributed by atoms with Crippen LogP contribution in [0.15, 0.2) is 0 Å². The maximum atomic E-state index is 5.90. The molecule has 0 amide bonds. The van der Waals surface area contributed by atoms with Crippen molar-refractivity contribution in [2.45, 2.75) is 117 Å². The summed E-state index contributed by atoms with van der Waals surface area (Å²) in [4.78, 5) is 0. The maximum absolute atomic E-state index is 5.90. The molecule has 0 aliphatic heterocycles. The molecule has 0 unspecified atom stereocenters. The highest BCUT2D eigenvalue weighted by molar-refractivity contribution is 4.76. The minimum absolute atomic E-state index is 0.867. The Bertz CT molecular complexity index is 297. The van der Waals surface area contributed by atoms with Gasteiger partial charge in [-0.2, -0.15) is 0 Å². The molecule has 0 radical (unpaired) electrons. The second-order valence-corrected chi connectivity index (χ2v) is 9.28. The van der Waals surface area contributed by atoms with E-state index in [9.17, 15) is 0 Å². The van der Waals surface area contributed by atoms with Crippen LogP contribution in [0.2, 0.25) is 0 Å². The summed E-state index contributed by atoms with van der Waals surface area (Å²) in [6.45, 7) is 6.63. The predicted molar refractivity (Wildman–Crippen MR) is 110 cm³/mol. The third-order valence-corrected chi connectivity index (χ3v) is 7.13. The second kappa shape index (κ2) is 13.2. The van der Waals surface area contributed by atoms with Crippen molar-refractivity contribution in [3.05, 3.63) is 0 Å². The van der Waals surface area contributed by atoms with E-state index in [2.05, 4.69) is 13.8 Å². The summed E-state index contributed by atoms with van der Waals surface area (Å²) < 4.78 is 5.90. The number of rotatable bonds is 12. The van der Waals surface area contributed by atoms with Crippen LogP contribution < -0.4 is 0 Å². The Morgan fingerprint density at radius 1 is 0.560 bits per heavy atom. The fourth-order valence-corrected chi connectivity index (χ4v) is 5.16. The van der Waals surface area contributed by atoms with Gasteiger partial charge in [0.2, 0.25) is 0 Å². The van der Waals surface area contributed by atoms with E-state index in [1.165, 1.54) is 103 Å². The summed E-state index contributed by atoms with van der Waals surface area (Å²) in [7, 11) is 0. The van der Waals surface area contributed by atoms with E-state index in [0.29, 0.717) is 0 Å². The first kappa shape index (κ1) is 21.3. The summed E-state index contributed by atoms with van der Waals surface area (Å²) >= 11 is 0. The average molecular weight is 351 g/mol. The number of hydrogen-bond acceptors (Lipinski definition) is 1. The SMILES string of the molecule is CCCCCOCC1CCC(CCC2CCC(CCCC)CC2)CC1. The van der Waals surface area contributed by atoms with Gasteiger partial charge in [0.15, 0.2) is 0 Å². The summed E-state index contributed by atoms with van der Waals surface area (Å²) in [5.41, 5.74) is 0. The quantitative estimate of drug-likeness (QED) is 0.326. The van der Waals surface area contributed by atoms with Gasteiger partial charge in [0.25, 0.3) is 0 Å². The first-order chi connectivity index (χ1) is 12.3. The number of hydrogen-bond donors (Lipinski definition) is 0. The summed E-state index contributed by atoms with van der Waals surface area (Å²) in [5, 5.41) is 0. The Morgan fingerprint density at radius 2 is 1.04 bits per heavy atom. The van der Waals surface area contributed by atoms with Crippen LogP contribution in [0.25, 0.3) is 0 Å². The molecule has 2 fully saturated rings. The molecule has 0 aromatic rings. The van der Waals surface area contributed by atoms with Crippen molar-refractivity contribution in [2.24, 2.45) is 23.7 Å². The van der Waals surface area contributed by atoms with Crippen LogP contribution in [0.3, 0.4) is 0 Å². The van der Waals surface area contributed by atoms with Crippen molar-refractivity contribution in [3.8, 4) is 0 Å². The van der Waals surface area contributed by atoms with Crippen molar-refractivity contribution in [2.75, 3.05) is 13.2 Å². The van der Waals surface area contributed by atoms with Crippen LogP contribution in [0.4, 0.5) is 0 Å². The first-order valence-corrected chi connectivity index (χ1v) is 11.9. The molecule has 0 saturated heterocycles. The molecule has 2 rings (SSSR count). The first-order valence-electron chi connectivity index (χ1n) is 11.9. The lowest BCUT2D eigenvalue weighted by atomic mass is 9.75. The normalized spacial score (nSPS) is 30.5. The molecule has 148 valence electrons. The van der Waals surface area contributed by atoms with Gasteiger partial charge in [-0.25, -0.2) is 0 Å². The average Bonchev–Trinajstić information content (AvgIpc) is 2.66. The number of unbranched alkanes of at least 4 members (excludes halogenated alkanes) is 3. The smallest absolute Gasteiger partial charge is 0.0494 e. The largest absolute Gasteiger partial charge is 0.381 e. The molecule has 0 aromatic heterocycles. The van der Waals surface area contributed by atoms with Crippen molar-refractivity contribution >= 4 is 0 Å². The van der Waals surface area contributed by atoms with Crippen LogP contribution in [0.1, 0.15) is 117 Å². The lowest BCUT2D eigenvalue weighted by molar-refractivity contribution is 0.0736. The molecular formula is C24H46O. The zero-order chi connectivity index (χ0) is 17.7. The van der Waals surface area contributed by atoms with Crippen LogP contribution in [0, 0.1) is 23.7 Å². The van der Waals surface area contributed by atoms with E-state index in [1.54, 1.807) is 0 Å². The monoisotopic (exact) mass is 350 g/mol. The highest BCUT2D eigenvalue weighted by atomic mass is 16.5. The lowest BCUT2D eigenvalue weighted by Crippen LogP contribution is -2.20. The fraction of sp³-hybridized carbons (Fsp3) is 1.00. The molecule has 0 atom stereocenters. The van der Waals surface area contributed by atoms with Crippen molar-refractivity contribution in [1.29, 1.82) is 0 Å². The van der Waals surface area contributed by atoms with Gasteiger partial charge in [0.1, 0.15) is 0 Å². The predicted octanol–water partition coefficient (Wildman–Crippen LogP) is 7.78. The highest BCUT2D eigenvalue weighted by Crippen LogP contribution is 2.37. The van der Waals surface area contributed by atoms with E-state index in [0.717, 1.165) is 36.9 Å². The summed E-state index contributed by atoms with van der Waals surface area (Å²) in [5.74, 6) is 4.04. The van der Waals surface area contributed by atoms with E-state index in [4.69, 9.17) is 4.74 Å². The molecule has 25 heavy (non-hydrogen) atoms. The lowest BCUT2D eigenvalue weighted by Gasteiger charge is -2.32. The van der Waals surface area contributed by atoms with Crippen LogP contribution in [-0.2, 0) is 4.74 Å². The zero-order valence-corrected chi connectivity index (χ0v) is 17.4. The Balaban J connectivity index is 1.47. The third-order valence-electron chi connectivity index (χ3n) is 7.13. The van der Waals surface area contributed by atoms with Crippen LogP contribution in [-0.4, -0.2) is 13.2 Å². The molecule has 0 N–H and O–H groups in total. The molecule has 0 heterocycles. The van der Waals surface area contributed by atoms with Crippen molar-refractivity contribution < 1.29 is 4.74 Å². The Hall–Kier alpha value is -0.0400. The Labute approximate surface area is 158 Å². The summed E-state index contributed by atoms with van der Waals surface area (Å²) in [6.07, 6.45) is 23.3. The van der Waals surface area contributed by atoms with E-state index < -0.39 is 0 Å². The molecular weight excluding hydrogens is 304 g/mol. The molecule has 0 aromatic carbocycles. The zero-order valence-electron chi connectivity index (χ0n) is 17.4. The van der Waals surface area contributed by atoms with E-state index in [1.807, 2.05) is 0 Å². The van der Waals surface area contributed by atoms with Gasteiger partial charge in [0.05, 0.1) is 0 Å². The van der Waals surface area contributed by atoms with Gasteiger partial charge in [-0.3, -0.25) is 0 Å². The van der Waals surface area contributed by atoms with Gasteiger partial charge in [0, 0.05) is 13.2 Å². The van der Waals surface area contributed by atoms with Crippen molar-refractivity contribution in [3.63, 3.8) is 0 Å². The molecule has 2 aliphatic rings. The standard InChI is InChI=1S/C24H46O/c1-3-5-7-19-25-20-24-17-15-23(16-18-24)14-13-22-11-9-21(10-12-22)8-6-4-2/h21-24H,3-20H2,1-2H3. The van der Waals surface area contributed by atoms with Gasteiger partial charge in [-0.1, -0.05) is 97.3 Å². The topological polar surface area (TPSA) is 9.23 Å². The van der Waals surface area contributed by atoms with Crippen LogP contribution >= 0.6 is 0 Å². The van der Waals surface area contributed by atoms with Gasteiger partial charge < -0.3 is 4.74 Å². The fourth-order valence-electron chi connectivity index (χ4n) is 5.16. The molecule has 2 aliphatic carbocycles. The van der Waals surface area contributed by atoms with Crippen LogP contribution in [0.5, 0.6) is 0 Å².